The lowest BCUT2D eigenvalue weighted by atomic mass is 9.72. The van der Waals surface area contributed by atoms with Crippen LogP contribution in [0.4, 0.5) is 5.82 Å². The van der Waals surface area contributed by atoms with Crippen molar-refractivity contribution in [3.8, 4) is 11.5 Å². The maximum atomic E-state index is 13.1. The predicted octanol–water partition coefficient (Wildman–Crippen LogP) is 3.42. The molecular weight excluding hydrogens is 390 g/mol. The van der Waals surface area contributed by atoms with Gasteiger partial charge in [0.2, 0.25) is 6.79 Å². The molecule has 2 atom stereocenters. The maximum absolute atomic E-state index is 13.1. The number of carbonyl (C=O) groups excluding carboxylic acids is 1. The second-order valence-corrected chi connectivity index (χ2v) is 9.22. The van der Waals surface area contributed by atoms with E-state index in [9.17, 15) is 9.59 Å². The minimum absolute atomic E-state index is 0.128. The second kappa shape index (κ2) is 6.95. The molecule has 2 aliphatic heterocycles. The molecule has 0 amide bonds. The molecule has 1 aromatic carbocycles. The van der Waals surface area contributed by atoms with Crippen LogP contribution in [-0.2, 0) is 4.79 Å². The number of Topliss-reactive ketones (excluding diaryl/α,β-unsaturated/α-hetero) is 1. The number of rotatable bonds is 3. The summed E-state index contributed by atoms with van der Waals surface area (Å²) < 4.78 is 11.0. The molecule has 0 saturated heterocycles. The summed E-state index contributed by atoms with van der Waals surface area (Å²) in [6.07, 6.45) is 3.21. The Hall–Kier alpha value is -2.74. The summed E-state index contributed by atoms with van der Waals surface area (Å²) in [4.78, 5) is 33.6. The fraction of sp³-hybridized carbons (Fsp3) is 0.381. The number of nitrogens with zero attached hydrogens (tertiary/aromatic N) is 1. The van der Waals surface area contributed by atoms with Crippen molar-refractivity contribution in [3.05, 3.63) is 51.5 Å². The van der Waals surface area contributed by atoms with Gasteiger partial charge in [0.15, 0.2) is 16.7 Å². The van der Waals surface area contributed by atoms with Crippen LogP contribution in [0.5, 0.6) is 11.5 Å². The van der Waals surface area contributed by atoms with Crippen LogP contribution in [0, 0.1) is 5.92 Å². The lowest BCUT2D eigenvalue weighted by Crippen LogP contribution is -2.38. The van der Waals surface area contributed by atoms with Crippen molar-refractivity contribution in [2.45, 2.75) is 43.0 Å². The van der Waals surface area contributed by atoms with E-state index in [0.717, 1.165) is 11.3 Å². The second-order valence-electron chi connectivity index (χ2n) is 7.66. The van der Waals surface area contributed by atoms with Crippen LogP contribution in [0.3, 0.4) is 0 Å². The van der Waals surface area contributed by atoms with Crippen LogP contribution in [0.2, 0.25) is 0 Å². The first kappa shape index (κ1) is 18.3. The molecule has 0 radical (unpaired) electrons. The molecule has 2 aromatic rings. The zero-order valence-corrected chi connectivity index (χ0v) is 17.0. The Bertz CT molecular complexity index is 1090. The van der Waals surface area contributed by atoms with Crippen LogP contribution < -0.4 is 20.3 Å². The van der Waals surface area contributed by atoms with Gasteiger partial charge in [0.1, 0.15) is 11.6 Å². The molecule has 5 rings (SSSR count). The van der Waals surface area contributed by atoms with E-state index in [2.05, 4.69) is 15.3 Å². The molecule has 2 N–H and O–H groups in total. The van der Waals surface area contributed by atoms with Gasteiger partial charge in [0, 0.05) is 23.3 Å². The number of fused-ring (bicyclic) bond motifs is 3. The van der Waals surface area contributed by atoms with Crippen molar-refractivity contribution in [2.75, 3.05) is 12.1 Å². The number of ether oxygens (including phenoxy) is 2. The Balaban J connectivity index is 1.69. The number of benzene rings is 1. The van der Waals surface area contributed by atoms with Crippen molar-refractivity contribution in [3.63, 3.8) is 0 Å². The highest BCUT2D eigenvalue weighted by atomic mass is 32.2. The number of nitrogens with one attached hydrogen (secondary N) is 2. The quantitative estimate of drug-likeness (QED) is 0.590. The van der Waals surface area contributed by atoms with Crippen LogP contribution in [0.25, 0.3) is 0 Å². The van der Waals surface area contributed by atoms with Crippen LogP contribution >= 0.6 is 11.8 Å². The Morgan fingerprint density at radius 2 is 2.00 bits per heavy atom. The Labute approximate surface area is 171 Å². The highest BCUT2D eigenvalue weighted by Crippen LogP contribution is 2.46. The monoisotopic (exact) mass is 411 g/mol. The van der Waals surface area contributed by atoms with Crippen molar-refractivity contribution in [1.29, 1.82) is 0 Å². The van der Waals surface area contributed by atoms with Crippen LogP contribution in [0.15, 0.2) is 39.9 Å². The van der Waals surface area contributed by atoms with Crippen molar-refractivity contribution < 1.29 is 14.3 Å². The van der Waals surface area contributed by atoms with Gasteiger partial charge in [-0.3, -0.25) is 9.59 Å². The van der Waals surface area contributed by atoms with E-state index in [1.165, 1.54) is 11.8 Å². The first-order valence-electron chi connectivity index (χ1n) is 9.71. The van der Waals surface area contributed by atoms with E-state index in [1.54, 1.807) is 0 Å². The number of anilines is 1. The lowest BCUT2D eigenvalue weighted by molar-refractivity contribution is -0.122. The smallest absolute Gasteiger partial charge is 0.257 e. The minimum atomic E-state index is -0.428. The van der Waals surface area contributed by atoms with Gasteiger partial charge in [0.25, 0.3) is 5.56 Å². The third-order valence-corrected chi connectivity index (χ3v) is 6.27. The summed E-state index contributed by atoms with van der Waals surface area (Å²) in [6.45, 7) is 4.27. The molecule has 150 valence electrons. The molecule has 8 heteroatoms. The molecule has 3 heterocycles. The third kappa shape index (κ3) is 3.11. The number of ketones is 1. The van der Waals surface area contributed by atoms with Crippen LogP contribution in [-0.4, -0.2) is 27.8 Å². The summed E-state index contributed by atoms with van der Waals surface area (Å²) in [7, 11) is 0. The molecule has 0 unspecified atom stereocenters. The Morgan fingerprint density at radius 3 is 2.83 bits per heavy atom. The number of hydrogen-bond donors (Lipinski definition) is 2. The number of allylic oxidation sites excluding steroid dienone is 2. The third-order valence-electron chi connectivity index (χ3n) is 5.38. The molecule has 0 fully saturated rings. The molecule has 1 aliphatic carbocycles. The highest BCUT2D eigenvalue weighted by molar-refractivity contribution is 7.99. The number of thioether (sulfide) groups is 1. The zero-order chi connectivity index (χ0) is 20.1. The summed E-state index contributed by atoms with van der Waals surface area (Å²) in [5.74, 6) is 1.11. The number of hydrogen-bond acceptors (Lipinski definition) is 7. The number of carbonyl (C=O) groups is 1. The average molecular weight is 411 g/mol. The van der Waals surface area contributed by atoms with Crippen molar-refractivity contribution >= 4 is 23.4 Å². The van der Waals surface area contributed by atoms with Crippen molar-refractivity contribution in [1.82, 2.24) is 9.97 Å². The normalized spacial score (nSPS) is 22.0. The van der Waals surface area contributed by atoms with Gasteiger partial charge in [-0.2, -0.15) is 0 Å². The summed E-state index contributed by atoms with van der Waals surface area (Å²) >= 11 is 1.50. The van der Waals surface area contributed by atoms with E-state index >= 15 is 0 Å². The topological polar surface area (TPSA) is 93.3 Å². The summed E-state index contributed by atoms with van der Waals surface area (Å²) in [5.41, 5.74) is 1.95. The fourth-order valence-electron chi connectivity index (χ4n) is 4.21. The molecule has 0 spiro atoms. The summed E-state index contributed by atoms with van der Waals surface area (Å²) in [6, 6.07) is 5.61. The number of H-pyrrole nitrogens is 1. The fourth-order valence-corrected chi connectivity index (χ4v) is 4.96. The van der Waals surface area contributed by atoms with Crippen LogP contribution in [0.1, 0.15) is 43.7 Å². The van der Waals surface area contributed by atoms with Gasteiger partial charge in [-0.15, -0.1) is 0 Å². The SMILES string of the molecule is CC(C)Sc1nc2c(c(=O)[nH]1)[C@H](c1ccc3c(c1)OCO3)[C@H]1C(=O)CCC=C1N2. The molecule has 7 nitrogen and oxygen atoms in total. The minimum Gasteiger partial charge on any atom is -0.454 e. The standard InChI is InChI=1S/C21H21N3O4S/c1-10(2)29-21-23-19-18(20(26)24-21)16(17-12(22-19)4-3-5-13(17)25)11-6-7-14-15(8-11)28-9-27-14/h4,6-8,10,16-17H,3,5,9H2,1-2H3,(H2,22,23,24,26)/t16-,17-/m1/s1. The van der Waals surface area contributed by atoms with E-state index < -0.39 is 11.8 Å². The first-order chi connectivity index (χ1) is 14.0. The van der Waals surface area contributed by atoms with Gasteiger partial charge in [-0.05, 0) is 24.1 Å². The van der Waals surface area contributed by atoms with Gasteiger partial charge in [-0.25, -0.2) is 4.98 Å². The molecule has 0 saturated carbocycles. The molecule has 1 aromatic heterocycles. The zero-order valence-electron chi connectivity index (χ0n) is 16.2. The van der Waals surface area contributed by atoms with Gasteiger partial charge < -0.3 is 19.8 Å². The van der Waals surface area contributed by atoms with E-state index in [-0.39, 0.29) is 23.4 Å². The van der Waals surface area contributed by atoms with Gasteiger partial charge in [0.05, 0.1) is 11.5 Å². The number of aromatic nitrogens is 2. The van der Waals surface area contributed by atoms with Gasteiger partial charge in [-0.1, -0.05) is 37.8 Å². The Morgan fingerprint density at radius 1 is 1.17 bits per heavy atom. The maximum Gasteiger partial charge on any atom is 0.257 e. The lowest BCUT2D eigenvalue weighted by Gasteiger charge is -2.36. The Kier molecular flexibility index (Phi) is 4.38. The molecule has 0 bridgehead atoms. The molecule has 3 aliphatic rings. The molecular formula is C21H21N3O4S. The van der Waals surface area contributed by atoms with Gasteiger partial charge >= 0.3 is 0 Å². The number of aromatic amines is 1. The average Bonchev–Trinajstić information content (AvgIpc) is 3.14. The highest BCUT2D eigenvalue weighted by Gasteiger charge is 2.42. The first-order valence-corrected chi connectivity index (χ1v) is 10.6. The van der Waals surface area contributed by atoms with E-state index in [4.69, 9.17) is 9.47 Å². The van der Waals surface area contributed by atoms with E-state index in [0.29, 0.717) is 40.9 Å². The largest absolute Gasteiger partial charge is 0.454 e. The summed E-state index contributed by atoms with van der Waals surface area (Å²) in [5, 5.41) is 4.13. The predicted molar refractivity (Wildman–Crippen MR) is 110 cm³/mol. The molecule has 29 heavy (non-hydrogen) atoms. The van der Waals surface area contributed by atoms with Crippen molar-refractivity contribution in [2.24, 2.45) is 5.92 Å². The van der Waals surface area contributed by atoms with E-state index in [1.807, 2.05) is 38.1 Å².